The SMILES string of the molecule is N#C[C@H]1CC[C@H](C(=O)Nc2ccc(Br)cc2C(=O)NCc2ccc3c(c2)OCO3)CC1. The first-order chi connectivity index (χ1) is 15.0. The van der Waals surface area contributed by atoms with E-state index in [4.69, 9.17) is 14.7 Å². The quantitative estimate of drug-likeness (QED) is 0.657. The minimum atomic E-state index is -0.289. The molecule has 0 radical (unpaired) electrons. The van der Waals surface area contributed by atoms with E-state index in [1.807, 2.05) is 18.2 Å². The van der Waals surface area contributed by atoms with Crippen LogP contribution in [0.2, 0.25) is 0 Å². The molecular formula is C23H22BrN3O4. The summed E-state index contributed by atoms with van der Waals surface area (Å²) in [7, 11) is 0. The predicted octanol–water partition coefficient (Wildman–Crippen LogP) is 4.38. The molecule has 7 nitrogen and oxygen atoms in total. The summed E-state index contributed by atoms with van der Waals surface area (Å²) < 4.78 is 11.4. The number of fused-ring (bicyclic) bond motifs is 1. The Kier molecular flexibility index (Phi) is 6.42. The van der Waals surface area contributed by atoms with Gasteiger partial charge in [0.1, 0.15) is 0 Å². The van der Waals surface area contributed by atoms with E-state index >= 15 is 0 Å². The summed E-state index contributed by atoms with van der Waals surface area (Å²) in [6.45, 7) is 0.512. The molecule has 160 valence electrons. The third kappa shape index (κ3) is 5.00. The number of carbonyl (C=O) groups excluding carboxylic acids is 2. The van der Waals surface area contributed by atoms with Crippen LogP contribution < -0.4 is 20.1 Å². The molecule has 1 aliphatic carbocycles. The Labute approximate surface area is 188 Å². The molecule has 0 saturated heterocycles. The lowest BCUT2D eigenvalue weighted by molar-refractivity contribution is -0.120. The normalized spacial score (nSPS) is 19.4. The second kappa shape index (κ2) is 9.40. The van der Waals surface area contributed by atoms with Gasteiger partial charge in [-0.25, -0.2) is 0 Å². The van der Waals surface area contributed by atoms with Gasteiger partial charge in [0.05, 0.1) is 17.3 Å². The zero-order chi connectivity index (χ0) is 21.8. The maximum absolute atomic E-state index is 12.9. The van der Waals surface area contributed by atoms with Crippen LogP contribution in [-0.4, -0.2) is 18.6 Å². The third-order valence-corrected chi connectivity index (χ3v) is 6.15. The van der Waals surface area contributed by atoms with Crippen LogP contribution in [0.15, 0.2) is 40.9 Å². The molecule has 31 heavy (non-hydrogen) atoms. The van der Waals surface area contributed by atoms with Gasteiger partial charge in [0, 0.05) is 22.9 Å². The molecule has 1 saturated carbocycles. The van der Waals surface area contributed by atoms with Gasteiger partial charge in [0.2, 0.25) is 12.7 Å². The van der Waals surface area contributed by atoms with E-state index in [9.17, 15) is 9.59 Å². The van der Waals surface area contributed by atoms with Crippen molar-refractivity contribution in [2.75, 3.05) is 12.1 Å². The summed E-state index contributed by atoms with van der Waals surface area (Å²) in [6.07, 6.45) is 2.84. The summed E-state index contributed by atoms with van der Waals surface area (Å²) in [6, 6.07) is 13.0. The zero-order valence-corrected chi connectivity index (χ0v) is 18.4. The van der Waals surface area contributed by atoms with Crippen molar-refractivity contribution >= 4 is 33.4 Å². The minimum absolute atomic E-state index is 0.0363. The molecule has 2 N–H and O–H groups in total. The highest BCUT2D eigenvalue weighted by atomic mass is 79.9. The van der Waals surface area contributed by atoms with Gasteiger partial charge < -0.3 is 20.1 Å². The van der Waals surface area contributed by atoms with Gasteiger partial charge in [0.15, 0.2) is 11.5 Å². The van der Waals surface area contributed by atoms with E-state index in [2.05, 4.69) is 32.6 Å². The van der Waals surface area contributed by atoms with Crippen molar-refractivity contribution < 1.29 is 19.1 Å². The van der Waals surface area contributed by atoms with Crippen LogP contribution in [0.1, 0.15) is 41.6 Å². The molecule has 0 unspecified atom stereocenters. The number of benzene rings is 2. The molecule has 2 aromatic rings. The second-order valence-corrected chi connectivity index (χ2v) is 8.64. The van der Waals surface area contributed by atoms with Crippen LogP contribution in [0.25, 0.3) is 0 Å². The number of rotatable bonds is 5. The summed E-state index contributed by atoms with van der Waals surface area (Å²) in [5, 5.41) is 14.9. The van der Waals surface area contributed by atoms with Gasteiger partial charge in [-0.1, -0.05) is 22.0 Å². The first-order valence-electron chi connectivity index (χ1n) is 10.2. The first kappa shape index (κ1) is 21.2. The number of nitriles is 1. The number of hydrogen-bond acceptors (Lipinski definition) is 5. The standard InChI is InChI=1S/C23H22BrN3O4/c24-17-6-7-19(27-22(28)16-4-1-14(11-25)2-5-16)18(10-17)23(29)26-12-15-3-8-20-21(9-15)31-13-30-20/h3,6-10,14,16H,1-2,4-5,12-13H2,(H,26,29)(H,27,28)/t14-,16-. The van der Waals surface area contributed by atoms with Crippen LogP contribution in [0, 0.1) is 23.2 Å². The first-order valence-corrected chi connectivity index (χ1v) is 11.0. The van der Waals surface area contributed by atoms with Gasteiger partial charge in [-0.2, -0.15) is 5.26 Å². The highest BCUT2D eigenvalue weighted by Crippen LogP contribution is 2.33. The van der Waals surface area contributed by atoms with Crippen LogP contribution in [0.5, 0.6) is 11.5 Å². The maximum Gasteiger partial charge on any atom is 0.253 e. The average molecular weight is 484 g/mol. The summed E-state index contributed by atoms with van der Waals surface area (Å²) >= 11 is 3.40. The number of amides is 2. The second-order valence-electron chi connectivity index (χ2n) is 7.73. The van der Waals surface area contributed by atoms with E-state index in [1.54, 1.807) is 18.2 Å². The topological polar surface area (TPSA) is 100 Å². The predicted molar refractivity (Wildman–Crippen MR) is 118 cm³/mol. The molecule has 0 bridgehead atoms. The van der Waals surface area contributed by atoms with E-state index in [-0.39, 0.29) is 30.4 Å². The Bertz CT molecular complexity index is 1040. The largest absolute Gasteiger partial charge is 0.454 e. The lowest BCUT2D eigenvalue weighted by Gasteiger charge is -2.24. The number of nitrogens with zero attached hydrogens (tertiary/aromatic N) is 1. The fourth-order valence-electron chi connectivity index (χ4n) is 3.86. The van der Waals surface area contributed by atoms with Gasteiger partial charge in [-0.3, -0.25) is 9.59 Å². The lowest BCUT2D eigenvalue weighted by atomic mass is 9.82. The molecule has 2 aliphatic rings. The van der Waals surface area contributed by atoms with Crippen LogP contribution in [0.3, 0.4) is 0 Å². The van der Waals surface area contributed by atoms with Crippen molar-refractivity contribution in [2.45, 2.75) is 32.2 Å². The van der Waals surface area contributed by atoms with E-state index < -0.39 is 0 Å². The molecule has 1 fully saturated rings. The average Bonchev–Trinajstić information content (AvgIpc) is 3.26. The van der Waals surface area contributed by atoms with E-state index in [1.165, 1.54) is 0 Å². The Hall–Kier alpha value is -3.05. The van der Waals surface area contributed by atoms with Gasteiger partial charge in [0.25, 0.3) is 5.91 Å². The number of hydrogen-bond donors (Lipinski definition) is 2. The molecule has 4 rings (SSSR count). The van der Waals surface area contributed by atoms with E-state index in [0.29, 0.717) is 42.1 Å². The molecule has 0 spiro atoms. The Morgan fingerprint density at radius 1 is 1.06 bits per heavy atom. The van der Waals surface area contributed by atoms with Gasteiger partial charge >= 0.3 is 0 Å². The fourth-order valence-corrected chi connectivity index (χ4v) is 4.22. The molecule has 8 heteroatoms. The van der Waals surface area contributed by atoms with Crippen molar-refractivity contribution in [3.05, 3.63) is 52.0 Å². The lowest BCUT2D eigenvalue weighted by Crippen LogP contribution is -2.29. The highest BCUT2D eigenvalue weighted by molar-refractivity contribution is 9.10. The molecule has 1 heterocycles. The molecule has 1 aliphatic heterocycles. The summed E-state index contributed by atoms with van der Waals surface area (Å²) in [5.74, 6) is 0.849. The van der Waals surface area contributed by atoms with Gasteiger partial charge in [-0.15, -0.1) is 0 Å². The minimum Gasteiger partial charge on any atom is -0.454 e. The van der Waals surface area contributed by atoms with Crippen molar-refractivity contribution in [1.82, 2.24) is 5.32 Å². The number of halogens is 1. The molecule has 2 amide bonds. The van der Waals surface area contributed by atoms with Crippen LogP contribution >= 0.6 is 15.9 Å². The third-order valence-electron chi connectivity index (χ3n) is 5.65. The monoisotopic (exact) mass is 483 g/mol. The summed E-state index contributed by atoms with van der Waals surface area (Å²) in [4.78, 5) is 25.6. The number of ether oxygens (including phenoxy) is 2. The fraction of sp³-hybridized carbons (Fsp3) is 0.348. The van der Waals surface area contributed by atoms with Crippen molar-refractivity contribution in [1.29, 1.82) is 5.26 Å². The Balaban J connectivity index is 1.42. The Morgan fingerprint density at radius 3 is 2.61 bits per heavy atom. The Morgan fingerprint density at radius 2 is 1.84 bits per heavy atom. The zero-order valence-electron chi connectivity index (χ0n) is 16.8. The number of anilines is 1. The smallest absolute Gasteiger partial charge is 0.253 e. The summed E-state index contributed by atoms with van der Waals surface area (Å²) in [5.41, 5.74) is 1.74. The molecule has 0 atom stereocenters. The number of nitrogens with one attached hydrogen (secondary N) is 2. The van der Waals surface area contributed by atoms with Crippen LogP contribution in [0.4, 0.5) is 5.69 Å². The number of carbonyl (C=O) groups is 2. The van der Waals surface area contributed by atoms with Gasteiger partial charge in [-0.05, 0) is 61.6 Å². The maximum atomic E-state index is 12.9. The van der Waals surface area contributed by atoms with Crippen LogP contribution in [-0.2, 0) is 11.3 Å². The van der Waals surface area contributed by atoms with E-state index in [0.717, 1.165) is 22.9 Å². The van der Waals surface area contributed by atoms with Crippen molar-refractivity contribution in [3.8, 4) is 17.6 Å². The van der Waals surface area contributed by atoms with Crippen molar-refractivity contribution in [3.63, 3.8) is 0 Å². The highest BCUT2D eigenvalue weighted by Gasteiger charge is 2.27. The van der Waals surface area contributed by atoms with Crippen molar-refractivity contribution in [2.24, 2.45) is 11.8 Å². The molecule has 0 aromatic heterocycles. The molecule has 2 aromatic carbocycles. The molecular weight excluding hydrogens is 462 g/mol.